The number of anilines is 1. The normalized spacial score (nSPS) is 10.8. The molecule has 0 aliphatic heterocycles. The predicted octanol–water partition coefficient (Wildman–Crippen LogP) is 3.07. The van der Waals surface area contributed by atoms with Gasteiger partial charge < -0.3 is 4.74 Å². The molecule has 0 saturated heterocycles. The van der Waals surface area contributed by atoms with Crippen LogP contribution in [-0.2, 0) is 10.0 Å². The van der Waals surface area contributed by atoms with Gasteiger partial charge in [0.1, 0.15) is 5.75 Å². The molecule has 0 radical (unpaired) electrons. The lowest BCUT2D eigenvalue weighted by Gasteiger charge is -2.11. The Hall–Kier alpha value is -2.52. The van der Waals surface area contributed by atoms with Gasteiger partial charge in [0, 0.05) is 0 Å². The Morgan fingerprint density at radius 2 is 2.00 bits per heavy atom. The highest BCUT2D eigenvalue weighted by molar-refractivity contribution is 7.92. The summed E-state index contributed by atoms with van der Waals surface area (Å²) in [5.74, 6) is 0.660. The SMILES string of the molecule is CCOc1ccc(S(=O)(=O)Nc2cccc(C#N)c2)cc1C. The molecule has 5 nitrogen and oxygen atoms in total. The van der Waals surface area contributed by atoms with Gasteiger partial charge in [-0.2, -0.15) is 5.26 Å². The van der Waals surface area contributed by atoms with Gasteiger partial charge >= 0.3 is 0 Å². The van der Waals surface area contributed by atoms with E-state index >= 15 is 0 Å². The summed E-state index contributed by atoms with van der Waals surface area (Å²) in [4.78, 5) is 0.149. The Kier molecular flexibility index (Phi) is 4.68. The van der Waals surface area contributed by atoms with E-state index in [1.807, 2.05) is 13.0 Å². The number of hydrogen-bond donors (Lipinski definition) is 1. The Labute approximate surface area is 130 Å². The van der Waals surface area contributed by atoms with Gasteiger partial charge in [0.2, 0.25) is 0 Å². The third-order valence-corrected chi connectivity index (χ3v) is 4.38. The second-order valence-corrected chi connectivity index (χ2v) is 6.34. The minimum absolute atomic E-state index is 0.149. The third-order valence-electron chi connectivity index (χ3n) is 3.00. The summed E-state index contributed by atoms with van der Waals surface area (Å²) in [7, 11) is -3.71. The molecule has 0 fully saturated rings. The van der Waals surface area contributed by atoms with Crippen molar-refractivity contribution in [1.82, 2.24) is 0 Å². The fraction of sp³-hybridized carbons (Fsp3) is 0.188. The number of nitrogens with zero attached hydrogens (tertiary/aromatic N) is 1. The first-order valence-electron chi connectivity index (χ1n) is 6.72. The number of nitrogens with one attached hydrogen (secondary N) is 1. The van der Waals surface area contributed by atoms with Crippen molar-refractivity contribution < 1.29 is 13.2 Å². The second kappa shape index (κ2) is 6.50. The fourth-order valence-corrected chi connectivity index (χ4v) is 3.11. The minimum atomic E-state index is -3.71. The van der Waals surface area contributed by atoms with E-state index in [2.05, 4.69) is 4.72 Å². The van der Waals surface area contributed by atoms with Gasteiger partial charge in [-0.05, 0) is 55.8 Å². The molecular formula is C16H16N2O3S. The van der Waals surface area contributed by atoms with Crippen LogP contribution in [0.1, 0.15) is 18.1 Å². The molecule has 0 atom stereocenters. The number of hydrogen-bond acceptors (Lipinski definition) is 4. The zero-order valence-corrected chi connectivity index (χ0v) is 13.1. The van der Waals surface area contributed by atoms with Gasteiger partial charge in [-0.15, -0.1) is 0 Å². The molecule has 0 bridgehead atoms. The number of ether oxygens (including phenoxy) is 1. The molecule has 0 amide bonds. The lowest BCUT2D eigenvalue weighted by atomic mass is 10.2. The molecule has 0 heterocycles. The first kappa shape index (κ1) is 15.9. The molecule has 2 rings (SSSR count). The van der Waals surface area contributed by atoms with Crippen molar-refractivity contribution in [2.45, 2.75) is 18.7 Å². The summed E-state index contributed by atoms with van der Waals surface area (Å²) in [6.45, 7) is 4.18. The van der Waals surface area contributed by atoms with Gasteiger partial charge in [0.05, 0.1) is 28.8 Å². The average molecular weight is 316 g/mol. The summed E-state index contributed by atoms with van der Waals surface area (Å²) >= 11 is 0. The maximum Gasteiger partial charge on any atom is 0.261 e. The van der Waals surface area contributed by atoms with Crippen molar-refractivity contribution in [3.63, 3.8) is 0 Å². The van der Waals surface area contributed by atoms with E-state index in [0.717, 1.165) is 5.56 Å². The molecule has 0 unspecified atom stereocenters. The van der Waals surface area contributed by atoms with Gasteiger partial charge in [0.25, 0.3) is 10.0 Å². The Morgan fingerprint density at radius 1 is 1.23 bits per heavy atom. The molecule has 114 valence electrons. The van der Waals surface area contributed by atoms with Gasteiger partial charge in [-0.25, -0.2) is 8.42 Å². The highest BCUT2D eigenvalue weighted by Crippen LogP contribution is 2.23. The predicted molar refractivity (Wildman–Crippen MR) is 84.3 cm³/mol. The largest absolute Gasteiger partial charge is 0.494 e. The molecule has 0 aliphatic carbocycles. The summed E-state index contributed by atoms with van der Waals surface area (Å²) in [6.07, 6.45) is 0. The van der Waals surface area contributed by atoms with E-state index in [1.54, 1.807) is 37.3 Å². The van der Waals surface area contributed by atoms with Crippen LogP contribution in [0.5, 0.6) is 5.75 Å². The molecule has 6 heteroatoms. The van der Waals surface area contributed by atoms with Crippen LogP contribution in [-0.4, -0.2) is 15.0 Å². The lowest BCUT2D eigenvalue weighted by molar-refractivity contribution is 0.337. The number of nitriles is 1. The first-order valence-corrected chi connectivity index (χ1v) is 8.21. The van der Waals surface area contributed by atoms with Crippen LogP contribution < -0.4 is 9.46 Å². The monoisotopic (exact) mass is 316 g/mol. The number of aryl methyl sites for hydroxylation is 1. The maximum atomic E-state index is 12.4. The summed E-state index contributed by atoms with van der Waals surface area (Å²) < 4.78 is 32.6. The summed E-state index contributed by atoms with van der Waals surface area (Å²) in [6, 6.07) is 13.0. The summed E-state index contributed by atoms with van der Waals surface area (Å²) in [5.41, 5.74) is 1.49. The lowest BCUT2D eigenvalue weighted by Crippen LogP contribution is -2.13. The van der Waals surface area contributed by atoms with E-state index in [0.29, 0.717) is 23.6 Å². The number of sulfonamides is 1. The standard InChI is InChI=1S/C16H16N2O3S/c1-3-21-16-8-7-15(9-12(16)2)22(19,20)18-14-6-4-5-13(10-14)11-17/h4-10,18H,3H2,1-2H3. The Balaban J connectivity index is 2.30. The quantitative estimate of drug-likeness (QED) is 0.919. The van der Waals surface area contributed by atoms with E-state index in [-0.39, 0.29) is 4.90 Å². The molecule has 2 aromatic carbocycles. The van der Waals surface area contributed by atoms with Gasteiger partial charge in [0.15, 0.2) is 0 Å². The molecule has 22 heavy (non-hydrogen) atoms. The number of benzene rings is 2. The van der Waals surface area contributed by atoms with Gasteiger partial charge in [-0.3, -0.25) is 4.72 Å². The third kappa shape index (κ3) is 3.57. The van der Waals surface area contributed by atoms with Crippen molar-refractivity contribution in [2.24, 2.45) is 0 Å². The van der Waals surface area contributed by atoms with Crippen molar-refractivity contribution in [3.8, 4) is 11.8 Å². The molecule has 0 aromatic heterocycles. The average Bonchev–Trinajstić information content (AvgIpc) is 2.49. The first-order chi connectivity index (χ1) is 10.5. The molecule has 0 aliphatic rings. The Bertz CT molecular complexity index is 824. The highest BCUT2D eigenvalue weighted by atomic mass is 32.2. The second-order valence-electron chi connectivity index (χ2n) is 4.66. The minimum Gasteiger partial charge on any atom is -0.494 e. The van der Waals surface area contributed by atoms with E-state index < -0.39 is 10.0 Å². The molecule has 0 saturated carbocycles. The van der Waals surface area contributed by atoms with Crippen molar-refractivity contribution >= 4 is 15.7 Å². The van der Waals surface area contributed by atoms with Crippen LogP contribution in [0.15, 0.2) is 47.4 Å². The maximum absolute atomic E-state index is 12.4. The van der Waals surface area contributed by atoms with Crippen LogP contribution in [0, 0.1) is 18.3 Å². The van der Waals surface area contributed by atoms with Crippen molar-refractivity contribution in [3.05, 3.63) is 53.6 Å². The van der Waals surface area contributed by atoms with Gasteiger partial charge in [-0.1, -0.05) is 6.07 Å². The highest BCUT2D eigenvalue weighted by Gasteiger charge is 2.16. The fourth-order valence-electron chi connectivity index (χ4n) is 1.97. The van der Waals surface area contributed by atoms with Crippen LogP contribution in [0.4, 0.5) is 5.69 Å². The molecule has 2 aromatic rings. The van der Waals surface area contributed by atoms with Crippen molar-refractivity contribution in [1.29, 1.82) is 5.26 Å². The Morgan fingerprint density at radius 3 is 2.64 bits per heavy atom. The smallest absolute Gasteiger partial charge is 0.261 e. The van der Waals surface area contributed by atoms with E-state index in [9.17, 15) is 8.42 Å². The molecule has 1 N–H and O–H groups in total. The van der Waals surface area contributed by atoms with Crippen LogP contribution >= 0.6 is 0 Å². The molecular weight excluding hydrogens is 300 g/mol. The van der Waals surface area contributed by atoms with Crippen molar-refractivity contribution in [2.75, 3.05) is 11.3 Å². The topological polar surface area (TPSA) is 79.2 Å². The van der Waals surface area contributed by atoms with Crippen LogP contribution in [0.3, 0.4) is 0 Å². The molecule has 0 spiro atoms. The zero-order chi connectivity index (χ0) is 16.2. The zero-order valence-electron chi connectivity index (χ0n) is 12.3. The summed E-state index contributed by atoms with van der Waals surface area (Å²) in [5, 5.41) is 8.85. The van der Waals surface area contributed by atoms with E-state index in [1.165, 1.54) is 12.1 Å². The van der Waals surface area contributed by atoms with Crippen LogP contribution in [0.2, 0.25) is 0 Å². The van der Waals surface area contributed by atoms with E-state index in [4.69, 9.17) is 10.00 Å². The number of rotatable bonds is 5. The van der Waals surface area contributed by atoms with Crippen LogP contribution in [0.25, 0.3) is 0 Å².